The molecule has 0 radical (unpaired) electrons. The van der Waals surface area contributed by atoms with E-state index in [1.165, 1.54) is 11.1 Å². The molecule has 0 saturated heterocycles. The molecule has 0 aliphatic rings. The summed E-state index contributed by atoms with van der Waals surface area (Å²) in [5.41, 5.74) is 2.49. The molecule has 0 aromatic heterocycles. The zero-order valence-corrected chi connectivity index (χ0v) is 12.2. The molecular formula is C14H23ClN2O. The Bertz CT molecular complexity index is 369. The van der Waals surface area contributed by atoms with Crippen molar-refractivity contribution in [3.63, 3.8) is 0 Å². The number of hydrogen-bond donors (Lipinski definition) is 1. The third-order valence-corrected chi connectivity index (χ3v) is 2.83. The van der Waals surface area contributed by atoms with Gasteiger partial charge < -0.3 is 10.2 Å². The number of nitrogens with one attached hydrogen (secondary N) is 1. The van der Waals surface area contributed by atoms with Gasteiger partial charge >= 0.3 is 0 Å². The van der Waals surface area contributed by atoms with Crippen LogP contribution in [0.5, 0.6) is 0 Å². The number of aryl methyl sites for hydroxylation is 2. The van der Waals surface area contributed by atoms with E-state index in [-0.39, 0.29) is 18.3 Å². The Balaban J connectivity index is 0.00000289. The van der Waals surface area contributed by atoms with Crippen LogP contribution in [0.4, 0.5) is 0 Å². The number of nitrogens with zero attached hydrogens (tertiary/aromatic N) is 1. The lowest BCUT2D eigenvalue weighted by Gasteiger charge is -2.16. The predicted octanol–water partition coefficient (Wildman–Crippen LogP) is 2.03. The van der Waals surface area contributed by atoms with E-state index in [1.807, 2.05) is 20.2 Å². The van der Waals surface area contributed by atoms with Crippen molar-refractivity contribution >= 4 is 18.3 Å². The number of rotatable bonds is 6. The van der Waals surface area contributed by atoms with Gasteiger partial charge in [0.05, 0.1) is 0 Å². The first kappa shape index (κ1) is 16.9. The Morgan fingerprint density at radius 1 is 1.39 bits per heavy atom. The molecule has 3 nitrogen and oxygen atoms in total. The van der Waals surface area contributed by atoms with Crippen LogP contribution >= 0.6 is 12.4 Å². The van der Waals surface area contributed by atoms with Gasteiger partial charge in [-0.3, -0.25) is 4.79 Å². The fraction of sp³-hybridized carbons (Fsp3) is 0.500. The van der Waals surface area contributed by atoms with Gasteiger partial charge in [-0.1, -0.05) is 29.8 Å². The molecule has 4 heteroatoms. The minimum Gasteiger partial charge on any atom is -0.344 e. The third kappa shape index (κ3) is 6.03. The van der Waals surface area contributed by atoms with Crippen molar-refractivity contribution < 1.29 is 4.79 Å². The van der Waals surface area contributed by atoms with Crippen molar-refractivity contribution in [3.05, 3.63) is 35.4 Å². The fourth-order valence-electron chi connectivity index (χ4n) is 1.71. The smallest absolute Gasteiger partial charge is 0.222 e. The molecule has 18 heavy (non-hydrogen) atoms. The van der Waals surface area contributed by atoms with Crippen molar-refractivity contribution in [2.75, 3.05) is 27.2 Å². The summed E-state index contributed by atoms with van der Waals surface area (Å²) in [6, 6.07) is 8.33. The van der Waals surface area contributed by atoms with Crippen LogP contribution in [0.2, 0.25) is 0 Å². The van der Waals surface area contributed by atoms with E-state index < -0.39 is 0 Å². The minimum absolute atomic E-state index is 0. The molecule has 0 aliphatic heterocycles. The topological polar surface area (TPSA) is 32.3 Å². The lowest BCUT2D eigenvalue weighted by molar-refractivity contribution is -0.129. The van der Waals surface area contributed by atoms with Crippen molar-refractivity contribution in [1.82, 2.24) is 10.2 Å². The van der Waals surface area contributed by atoms with Crippen LogP contribution in [0.3, 0.4) is 0 Å². The van der Waals surface area contributed by atoms with Crippen LogP contribution in [0, 0.1) is 6.92 Å². The maximum absolute atomic E-state index is 11.8. The molecule has 0 atom stereocenters. The summed E-state index contributed by atoms with van der Waals surface area (Å²) in [6.07, 6.45) is 1.41. The Kier molecular flexibility index (Phi) is 8.42. The van der Waals surface area contributed by atoms with Crippen LogP contribution < -0.4 is 5.32 Å². The highest BCUT2D eigenvalue weighted by atomic mass is 35.5. The van der Waals surface area contributed by atoms with E-state index in [4.69, 9.17) is 0 Å². The Hall–Kier alpha value is -1.06. The van der Waals surface area contributed by atoms with Gasteiger partial charge in [0.2, 0.25) is 5.91 Å². The Morgan fingerprint density at radius 2 is 2.11 bits per heavy atom. The molecule has 102 valence electrons. The molecule has 0 bridgehead atoms. The standard InChI is InChI=1S/C14H22N2O.ClH/c1-12-5-4-6-13(11-12)7-8-14(17)16(3)10-9-15-2;/h4-6,11,15H,7-10H2,1-3H3;1H. The summed E-state index contributed by atoms with van der Waals surface area (Å²) >= 11 is 0. The highest BCUT2D eigenvalue weighted by molar-refractivity contribution is 5.85. The highest BCUT2D eigenvalue weighted by Crippen LogP contribution is 2.07. The van der Waals surface area contributed by atoms with Gasteiger partial charge in [-0.05, 0) is 26.0 Å². The van der Waals surface area contributed by atoms with Gasteiger partial charge in [0, 0.05) is 26.6 Å². The number of amides is 1. The van der Waals surface area contributed by atoms with Crippen LogP contribution in [0.1, 0.15) is 17.5 Å². The third-order valence-electron chi connectivity index (χ3n) is 2.83. The van der Waals surface area contributed by atoms with E-state index >= 15 is 0 Å². The van der Waals surface area contributed by atoms with E-state index in [2.05, 4.69) is 30.4 Å². The number of carbonyl (C=O) groups excluding carboxylic acids is 1. The number of halogens is 1. The average molecular weight is 271 g/mol. The lowest BCUT2D eigenvalue weighted by atomic mass is 10.1. The molecule has 1 aromatic rings. The van der Waals surface area contributed by atoms with Crippen molar-refractivity contribution in [2.24, 2.45) is 0 Å². The molecule has 1 amide bonds. The molecule has 0 heterocycles. The van der Waals surface area contributed by atoms with E-state index in [9.17, 15) is 4.79 Å². The molecule has 0 aliphatic carbocycles. The molecule has 1 aromatic carbocycles. The summed E-state index contributed by atoms with van der Waals surface area (Å²) < 4.78 is 0. The lowest BCUT2D eigenvalue weighted by Crippen LogP contribution is -2.32. The number of likely N-dealkylation sites (N-methyl/N-ethyl adjacent to an activating group) is 2. The summed E-state index contributed by atoms with van der Waals surface area (Å²) in [5, 5.41) is 3.04. The SMILES string of the molecule is CNCCN(C)C(=O)CCc1cccc(C)c1.Cl. The average Bonchev–Trinajstić information content (AvgIpc) is 2.33. The number of hydrogen-bond acceptors (Lipinski definition) is 2. The predicted molar refractivity (Wildman–Crippen MR) is 78.3 cm³/mol. The van der Waals surface area contributed by atoms with Gasteiger partial charge in [-0.15, -0.1) is 12.4 Å². The van der Waals surface area contributed by atoms with Crippen LogP contribution in [0.25, 0.3) is 0 Å². The first-order valence-electron chi connectivity index (χ1n) is 6.07. The normalized spacial score (nSPS) is 9.72. The maximum atomic E-state index is 11.8. The second-order valence-corrected chi connectivity index (χ2v) is 4.41. The molecule has 0 fully saturated rings. The monoisotopic (exact) mass is 270 g/mol. The van der Waals surface area contributed by atoms with Gasteiger partial charge in [0.15, 0.2) is 0 Å². The van der Waals surface area contributed by atoms with Crippen LogP contribution in [-0.2, 0) is 11.2 Å². The molecular weight excluding hydrogens is 248 g/mol. The number of benzene rings is 1. The van der Waals surface area contributed by atoms with Gasteiger partial charge in [-0.2, -0.15) is 0 Å². The van der Waals surface area contributed by atoms with Crippen molar-refractivity contribution in [2.45, 2.75) is 19.8 Å². The second kappa shape index (κ2) is 8.95. The van der Waals surface area contributed by atoms with E-state index in [1.54, 1.807) is 4.90 Å². The van der Waals surface area contributed by atoms with E-state index in [0.717, 1.165) is 19.5 Å². The molecule has 1 rings (SSSR count). The zero-order valence-electron chi connectivity index (χ0n) is 11.4. The molecule has 0 spiro atoms. The highest BCUT2D eigenvalue weighted by Gasteiger charge is 2.07. The first-order chi connectivity index (χ1) is 8.13. The summed E-state index contributed by atoms with van der Waals surface area (Å²) in [4.78, 5) is 13.6. The van der Waals surface area contributed by atoms with Gasteiger partial charge in [-0.25, -0.2) is 0 Å². The summed E-state index contributed by atoms with van der Waals surface area (Å²) in [7, 11) is 3.75. The molecule has 0 unspecified atom stereocenters. The minimum atomic E-state index is 0. The first-order valence-corrected chi connectivity index (χ1v) is 6.07. The van der Waals surface area contributed by atoms with Gasteiger partial charge in [0.25, 0.3) is 0 Å². The van der Waals surface area contributed by atoms with Crippen LogP contribution in [-0.4, -0.2) is 38.0 Å². The largest absolute Gasteiger partial charge is 0.344 e. The molecule has 0 saturated carbocycles. The molecule has 1 N–H and O–H groups in total. The van der Waals surface area contributed by atoms with Crippen LogP contribution in [0.15, 0.2) is 24.3 Å². The van der Waals surface area contributed by atoms with Gasteiger partial charge in [0.1, 0.15) is 0 Å². The Labute approximate surface area is 116 Å². The van der Waals surface area contributed by atoms with Crippen molar-refractivity contribution in [3.8, 4) is 0 Å². The Morgan fingerprint density at radius 3 is 2.72 bits per heavy atom. The summed E-state index contributed by atoms with van der Waals surface area (Å²) in [6.45, 7) is 3.68. The fourth-order valence-corrected chi connectivity index (χ4v) is 1.71. The van der Waals surface area contributed by atoms with E-state index in [0.29, 0.717) is 6.42 Å². The van der Waals surface area contributed by atoms with Crippen molar-refractivity contribution in [1.29, 1.82) is 0 Å². The zero-order chi connectivity index (χ0) is 12.7. The maximum Gasteiger partial charge on any atom is 0.222 e. The number of carbonyl (C=O) groups is 1. The summed E-state index contributed by atoms with van der Waals surface area (Å²) in [5.74, 6) is 0.210. The second-order valence-electron chi connectivity index (χ2n) is 4.41. The quantitative estimate of drug-likeness (QED) is 0.858.